The van der Waals surface area contributed by atoms with Gasteiger partial charge in [-0.25, -0.2) is 9.97 Å². The highest BCUT2D eigenvalue weighted by atomic mass is 28.3. The van der Waals surface area contributed by atoms with Gasteiger partial charge in [0.05, 0.1) is 24.4 Å². The van der Waals surface area contributed by atoms with Crippen molar-refractivity contribution < 1.29 is 14.6 Å². The van der Waals surface area contributed by atoms with Gasteiger partial charge >= 0.3 is 5.97 Å². The number of aromatic nitrogens is 5. The van der Waals surface area contributed by atoms with E-state index in [-0.39, 0.29) is 12.5 Å². The van der Waals surface area contributed by atoms with Gasteiger partial charge in [0.25, 0.3) is 0 Å². The molecule has 4 rings (SSSR count). The van der Waals surface area contributed by atoms with Gasteiger partial charge in [0.1, 0.15) is 18.7 Å². The van der Waals surface area contributed by atoms with Gasteiger partial charge in [-0.2, -0.15) is 5.10 Å². The van der Waals surface area contributed by atoms with Crippen molar-refractivity contribution in [2.75, 3.05) is 6.61 Å². The minimum atomic E-state index is -1.12. The molecule has 0 spiro atoms. The number of fused-ring (bicyclic) bond motifs is 1. The second-order valence-electron chi connectivity index (χ2n) is 10.0. The average molecular weight is 456 g/mol. The molecule has 1 atom stereocenters. The molecule has 3 aromatic heterocycles. The highest BCUT2D eigenvalue weighted by Gasteiger charge is 2.29. The first-order valence-corrected chi connectivity index (χ1v) is 15.2. The quantitative estimate of drug-likeness (QED) is 0.348. The van der Waals surface area contributed by atoms with Crippen molar-refractivity contribution >= 4 is 25.1 Å². The zero-order chi connectivity index (χ0) is 22.7. The molecule has 1 aliphatic rings. The third kappa shape index (κ3) is 5.27. The van der Waals surface area contributed by atoms with Crippen LogP contribution in [0.15, 0.2) is 31.0 Å². The lowest BCUT2D eigenvalue weighted by atomic mass is 9.95. The number of rotatable bonds is 10. The fourth-order valence-electron chi connectivity index (χ4n) is 4.52. The first-order valence-electron chi connectivity index (χ1n) is 11.5. The maximum Gasteiger partial charge on any atom is 0.305 e. The molecule has 0 saturated heterocycles. The van der Waals surface area contributed by atoms with E-state index in [9.17, 15) is 9.90 Å². The Hall–Kier alpha value is -2.52. The zero-order valence-electron chi connectivity index (χ0n) is 19.2. The zero-order valence-corrected chi connectivity index (χ0v) is 20.2. The molecule has 172 valence electrons. The summed E-state index contributed by atoms with van der Waals surface area (Å²) in [6.45, 7) is 8.25. The van der Waals surface area contributed by atoms with Crippen LogP contribution in [-0.4, -0.2) is 50.1 Å². The molecule has 32 heavy (non-hydrogen) atoms. The first kappa shape index (κ1) is 22.7. The molecule has 0 aliphatic heterocycles. The van der Waals surface area contributed by atoms with E-state index >= 15 is 0 Å². The molecule has 8 nitrogen and oxygen atoms in total. The summed E-state index contributed by atoms with van der Waals surface area (Å²) in [4.78, 5) is 20.5. The van der Waals surface area contributed by atoms with E-state index in [1.54, 1.807) is 12.5 Å². The van der Waals surface area contributed by atoms with Crippen molar-refractivity contribution in [2.24, 2.45) is 5.92 Å². The predicted octanol–water partition coefficient (Wildman–Crippen LogP) is 4.81. The number of nitrogens with zero attached hydrogens (tertiary/aromatic N) is 5. The van der Waals surface area contributed by atoms with E-state index in [4.69, 9.17) is 4.74 Å². The van der Waals surface area contributed by atoms with E-state index < -0.39 is 14.0 Å². The van der Waals surface area contributed by atoms with Crippen LogP contribution in [0.25, 0.3) is 22.3 Å². The summed E-state index contributed by atoms with van der Waals surface area (Å²) < 4.78 is 9.74. The summed E-state index contributed by atoms with van der Waals surface area (Å²) in [6.07, 6.45) is 11.8. The highest BCUT2D eigenvalue weighted by Crippen LogP contribution is 2.37. The standard InChI is InChI=1S/C23H33N5O3Si/c1-32(2,3)11-10-31-16-27-9-8-19-22(24-15-25-23(19)27)18-13-26-28(14-18)20(12-21(29)30)17-6-4-5-7-17/h8-9,13-15,17,20H,4-7,10-12,16H2,1-3H3,(H,29,30). The predicted molar refractivity (Wildman–Crippen MR) is 126 cm³/mol. The molecule has 0 radical (unpaired) electrons. The Balaban J connectivity index is 1.54. The van der Waals surface area contributed by atoms with Gasteiger partial charge in [0, 0.05) is 38.0 Å². The summed E-state index contributed by atoms with van der Waals surface area (Å²) >= 11 is 0. The molecule has 1 fully saturated rings. The molecule has 1 unspecified atom stereocenters. The Kier molecular flexibility index (Phi) is 6.76. The second-order valence-corrected chi connectivity index (χ2v) is 15.6. The number of ether oxygens (including phenoxy) is 1. The molecule has 9 heteroatoms. The van der Waals surface area contributed by atoms with Crippen molar-refractivity contribution in [3.05, 3.63) is 31.0 Å². The third-order valence-corrected chi connectivity index (χ3v) is 8.03. The second kappa shape index (κ2) is 9.54. The Bertz CT molecular complexity index is 1070. The molecule has 1 saturated carbocycles. The van der Waals surface area contributed by atoms with Crippen LogP contribution in [0.2, 0.25) is 25.7 Å². The Morgan fingerprint density at radius 1 is 1.28 bits per heavy atom. The van der Waals surface area contributed by atoms with Crippen LogP contribution in [0.3, 0.4) is 0 Å². The average Bonchev–Trinajstić information content (AvgIpc) is 3.49. The molecule has 1 aliphatic carbocycles. The molecule has 0 bridgehead atoms. The van der Waals surface area contributed by atoms with Crippen LogP contribution in [0.1, 0.15) is 38.1 Å². The fraction of sp³-hybridized carbons (Fsp3) is 0.565. The van der Waals surface area contributed by atoms with Crippen molar-refractivity contribution in [3.8, 4) is 11.3 Å². The largest absolute Gasteiger partial charge is 0.481 e. The Morgan fingerprint density at radius 2 is 2.06 bits per heavy atom. The van der Waals surface area contributed by atoms with Crippen molar-refractivity contribution in [3.63, 3.8) is 0 Å². The van der Waals surface area contributed by atoms with E-state index in [1.165, 1.54) is 0 Å². The molecule has 0 amide bonds. The summed E-state index contributed by atoms with van der Waals surface area (Å²) in [7, 11) is -1.12. The lowest BCUT2D eigenvalue weighted by molar-refractivity contribution is -0.138. The van der Waals surface area contributed by atoms with Crippen LogP contribution < -0.4 is 0 Å². The van der Waals surface area contributed by atoms with Gasteiger partial charge in [0.15, 0.2) is 0 Å². The van der Waals surface area contributed by atoms with Gasteiger partial charge in [-0.3, -0.25) is 9.48 Å². The van der Waals surface area contributed by atoms with Gasteiger partial charge < -0.3 is 14.4 Å². The van der Waals surface area contributed by atoms with E-state index in [1.807, 2.05) is 27.7 Å². The smallest absolute Gasteiger partial charge is 0.305 e. The fourth-order valence-corrected chi connectivity index (χ4v) is 5.27. The van der Waals surface area contributed by atoms with Crippen LogP contribution in [0.4, 0.5) is 0 Å². The van der Waals surface area contributed by atoms with E-state index in [0.29, 0.717) is 12.6 Å². The Morgan fingerprint density at radius 3 is 2.78 bits per heavy atom. The maximum atomic E-state index is 11.5. The van der Waals surface area contributed by atoms with Crippen LogP contribution in [0, 0.1) is 5.92 Å². The SMILES string of the molecule is C[Si](C)(C)CCOCn1ccc2c(-c3cnn(C(CC(=O)O)C4CCCC4)c3)ncnc21. The normalized spacial score (nSPS) is 16.1. The van der Waals surface area contributed by atoms with E-state index in [0.717, 1.165) is 60.6 Å². The molecular weight excluding hydrogens is 422 g/mol. The lowest BCUT2D eigenvalue weighted by Crippen LogP contribution is -2.22. The topological polar surface area (TPSA) is 95.1 Å². The maximum absolute atomic E-state index is 11.5. The van der Waals surface area contributed by atoms with Gasteiger partial charge in [-0.1, -0.05) is 32.5 Å². The van der Waals surface area contributed by atoms with E-state index in [2.05, 4.69) is 34.7 Å². The number of hydrogen-bond acceptors (Lipinski definition) is 5. The summed E-state index contributed by atoms with van der Waals surface area (Å²) in [5, 5.41) is 14.9. The minimum Gasteiger partial charge on any atom is -0.481 e. The monoisotopic (exact) mass is 455 g/mol. The summed E-state index contributed by atoms with van der Waals surface area (Å²) in [5.41, 5.74) is 2.51. The number of hydrogen-bond donors (Lipinski definition) is 1. The lowest BCUT2D eigenvalue weighted by Gasteiger charge is -2.22. The van der Waals surface area contributed by atoms with Gasteiger partial charge in [-0.05, 0) is 30.9 Å². The minimum absolute atomic E-state index is 0.0934. The van der Waals surface area contributed by atoms with Crippen molar-refractivity contribution in [1.82, 2.24) is 24.3 Å². The number of aliphatic carboxylic acids is 1. The van der Waals surface area contributed by atoms with Crippen LogP contribution in [0.5, 0.6) is 0 Å². The third-order valence-electron chi connectivity index (χ3n) is 6.33. The highest BCUT2D eigenvalue weighted by molar-refractivity contribution is 6.76. The summed E-state index contributed by atoms with van der Waals surface area (Å²) in [6, 6.07) is 3.02. The van der Waals surface area contributed by atoms with Gasteiger partial charge in [-0.15, -0.1) is 0 Å². The van der Waals surface area contributed by atoms with Crippen LogP contribution >= 0.6 is 0 Å². The van der Waals surface area contributed by atoms with Crippen LogP contribution in [-0.2, 0) is 16.3 Å². The molecule has 3 heterocycles. The first-order chi connectivity index (χ1) is 15.3. The number of carboxylic acid groups (broad SMARTS) is 1. The summed E-state index contributed by atoms with van der Waals surface area (Å²) in [5.74, 6) is -0.423. The molecule has 0 aromatic carbocycles. The van der Waals surface area contributed by atoms with Crippen molar-refractivity contribution in [2.45, 2.75) is 70.6 Å². The molecular formula is C23H33N5O3Si. The van der Waals surface area contributed by atoms with Gasteiger partial charge in [0.2, 0.25) is 0 Å². The number of carbonyl (C=O) groups is 1. The molecule has 1 N–H and O–H groups in total. The molecule has 3 aromatic rings. The Labute approximate surface area is 189 Å². The number of carboxylic acids is 1. The van der Waals surface area contributed by atoms with Crippen molar-refractivity contribution in [1.29, 1.82) is 0 Å².